The summed E-state index contributed by atoms with van der Waals surface area (Å²) >= 11 is 0. The first kappa shape index (κ1) is 36.9. The molecule has 3 rings (SSSR count). The molecule has 1 atom stereocenters. The largest absolute Gasteiger partial charge is 0.505 e. The number of hydrogen-bond donors (Lipinski definition) is 5. The summed E-state index contributed by atoms with van der Waals surface area (Å²) in [6, 6.07) is 10.3. The Bertz CT molecular complexity index is 1240. The maximum atomic E-state index is 12.9. The molecule has 2 aromatic carbocycles. The molecular formula is C30H43F2N5O4. The van der Waals surface area contributed by atoms with Crippen LogP contribution >= 0.6 is 0 Å². The van der Waals surface area contributed by atoms with Gasteiger partial charge in [-0.25, -0.2) is 13.8 Å². The Hall–Kier alpha value is -4.12. The number of halogens is 2. The molecule has 0 saturated heterocycles. The lowest BCUT2D eigenvalue weighted by atomic mass is 10.1. The van der Waals surface area contributed by atoms with Crippen molar-refractivity contribution in [3.05, 3.63) is 65.9 Å². The van der Waals surface area contributed by atoms with Crippen LogP contribution in [0.3, 0.4) is 0 Å². The van der Waals surface area contributed by atoms with Gasteiger partial charge >= 0.3 is 0 Å². The zero-order valence-corrected chi connectivity index (χ0v) is 24.9. The topological polar surface area (TPSA) is 132 Å². The number of phenolic OH excluding ortho intramolecular Hbond substituents is 1. The quantitative estimate of drug-likeness (QED) is 0.260. The number of aromatic hydroxyl groups is 1. The van der Waals surface area contributed by atoms with E-state index in [1.807, 2.05) is 13.8 Å². The summed E-state index contributed by atoms with van der Waals surface area (Å²) in [4.78, 5) is 36.2. The molecule has 0 saturated carbocycles. The number of carbonyl (C=O) groups excluding carboxylic acids is 3. The van der Waals surface area contributed by atoms with Crippen LogP contribution in [0, 0.1) is 17.6 Å². The van der Waals surface area contributed by atoms with Crippen LogP contribution in [0.4, 0.5) is 14.6 Å². The third kappa shape index (κ3) is 15.9. The van der Waals surface area contributed by atoms with Gasteiger partial charge in [0.25, 0.3) is 0 Å². The van der Waals surface area contributed by atoms with Crippen molar-refractivity contribution >= 4 is 34.3 Å². The predicted molar refractivity (Wildman–Crippen MR) is 159 cm³/mol. The summed E-state index contributed by atoms with van der Waals surface area (Å²) in [6.45, 7) is 12.3. The normalized spacial score (nSPS) is 10.4. The number of carbonyl (C=O) groups is 3. The number of para-hydroxylation sites is 1. The smallest absolute Gasteiger partial charge is 0.233 e. The predicted octanol–water partition coefficient (Wildman–Crippen LogP) is 4.89. The fraction of sp³-hybridized carbons (Fsp3) is 0.400. The van der Waals surface area contributed by atoms with Gasteiger partial charge in [0.15, 0.2) is 11.6 Å². The number of benzene rings is 2. The molecule has 1 unspecified atom stereocenters. The van der Waals surface area contributed by atoms with Crippen molar-refractivity contribution in [1.29, 1.82) is 0 Å². The number of phenols is 1. The van der Waals surface area contributed by atoms with Gasteiger partial charge in [0.1, 0.15) is 11.6 Å². The SMILES string of the molecule is CC.CC(=O)NCc1cccc(F)c1O.CC(=O)Nc1cc2cc(F)ccc2cn1.CCC(C)CNC(=O)CNC. The van der Waals surface area contributed by atoms with Crippen molar-refractivity contribution in [2.75, 3.05) is 25.5 Å². The Kier molecular flexibility index (Phi) is 18.7. The molecule has 11 heteroatoms. The molecule has 1 heterocycles. The van der Waals surface area contributed by atoms with Gasteiger partial charge in [-0.3, -0.25) is 14.4 Å². The van der Waals surface area contributed by atoms with Gasteiger partial charge < -0.3 is 26.4 Å². The van der Waals surface area contributed by atoms with Crippen molar-refractivity contribution in [3.63, 3.8) is 0 Å². The molecule has 226 valence electrons. The summed E-state index contributed by atoms with van der Waals surface area (Å²) in [5.74, 6) is -0.715. The van der Waals surface area contributed by atoms with Crippen molar-refractivity contribution in [1.82, 2.24) is 20.9 Å². The maximum absolute atomic E-state index is 12.9. The molecule has 3 aromatic rings. The van der Waals surface area contributed by atoms with Crippen LogP contribution in [-0.2, 0) is 20.9 Å². The number of nitrogens with one attached hydrogen (secondary N) is 4. The van der Waals surface area contributed by atoms with Crippen LogP contribution in [-0.4, -0.2) is 47.9 Å². The van der Waals surface area contributed by atoms with E-state index in [0.717, 1.165) is 24.4 Å². The lowest BCUT2D eigenvalue weighted by Gasteiger charge is -2.09. The highest BCUT2D eigenvalue weighted by Crippen LogP contribution is 2.20. The molecule has 3 amide bonds. The van der Waals surface area contributed by atoms with Crippen LogP contribution in [0.5, 0.6) is 5.75 Å². The molecule has 41 heavy (non-hydrogen) atoms. The lowest BCUT2D eigenvalue weighted by molar-refractivity contribution is -0.120. The Morgan fingerprint density at radius 2 is 1.66 bits per heavy atom. The second-order valence-corrected chi connectivity index (χ2v) is 8.75. The van der Waals surface area contributed by atoms with Crippen LogP contribution in [0.2, 0.25) is 0 Å². The van der Waals surface area contributed by atoms with E-state index in [-0.39, 0.29) is 30.1 Å². The Balaban J connectivity index is 0.000000575. The monoisotopic (exact) mass is 575 g/mol. The van der Waals surface area contributed by atoms with E-state index in [0.29, 0.717) is 29.2 Å². The van der Waals surface area contributed by atoms with E-state index >= 15 is 0 Å². The van der Waals surface area contributed by atoms with Gasteiger partial charge in [-0.2, -0.15) is 0 Å². The first-order valence-corrected chi connectivity index (χ1v) is 13.4. The number of amides is 3. The lowest BCUT2D eigenvalue weighted by Crippen LogP contribution is -2.34. The van der Waals surface area contributed by atoms with E-state index in [9.17, 15) is 28.3 Å². The molecule has 0 fully saturated rings. The Morgan fingerprint density at radius 1 is 0.976 bits per heavy atom. The van der Waals surface area contributed by atoms with E-state index < -0.39 is 11.6 Å². The summed E-state index contributed by atoms with van der Waals surface area (Å²) in [5.41, 5.74) is 0.371. The molecule has 0 aliphatic heterocycles. The maximum Gasteiger partial charge on any atom is 0.233 e. The third-order valence-corrected chi connectivity index (χ3v) is 5.27. The van der Waals surface area contributed by atoms with Crippen molar-refractivity contribution in [2.24, 2.45) is 5.92 Å². The van der Waals surface area contributed by atoms with Gasteiger partial charge in [0.2, 0.25) is 17.7 Å². The number of anilines is 1. The van der Waals surface area contributed by atoms with Crippen molar-refractivity contribution < 1.29 is 28.3 Å². The minimum Gasteiger partial charge on any atom is -0.505 e. The second kappa shape index (κ2) is 20.7. The molecule has 9 nitrogen and oxygen atoms in total. The van der Waals surface area contributed by atoms with Gasteiger partial charge in [0.05, 0.1) is 6.54 Å². The average Bonchev–Trinajstić information content (AvgIpc) is 2.94. The van der Waals surface area contributed by atoms with Gasteiger partial charge in [-0.1, -0.05) is 46.2 Å². The van der Waals surface area contributed by atoms with Gasteiger partial charge in [0, 0.05) is 44.1 Å². The molecule has 0 spiro atoms. The molecule has 0 aliphatic carbocycles. The number of likely N-dealkylation sites (N-methyl/N-ethyl adjacent to an activating group) is 1. The number of nitrogens with zero attached hydrogens (tertiary/aromatic N) is 1. The highest BCUT2D eigenvalue weighted by atomic mass is 19.1. The van der Waals surface area contributed by atoms with E-state index in [4.69, 9.17) is 0 Å². The van der Waals surface area contributed by atoms with Gasteiger partial charge in [-0.15, -0.1) is 0 Å². The Morgan fingerprint density at radius 3 is 2.24 bits per heavy atom. The number of fused-ring (bicyclic) bond motifs is 1. The summed E-state index contributed by atoms with van der Waals surface area (Å²) in [7, 11) is 1.77. The molecule has 5 N–H and O–H groups in total. The second-order valence-electron chi connectivity index (χ2n) is 8.75. The summed E-state index contributed by atoms with van der Waals surface area (Å²) in [6.07, 6.45) is 2.71. The van der Waals surface area contributed by atoms with Crippen LogP contribution < -0.4 is 21.3 Å². The van der Waals surface area contributed by atoms with E-state index in [2.05, 4.69) is 40.1 Å². The molecular weight excluding hydrogens is 532 g/mol. The molecule has 0 bridgehead atoms. The van der Waals surface area contributed by atoms with Gasteiger partial charge in [-0.05, 0) is 48.7 Å². The number of rotatable bonds is 8. The summed E-state index contributed by atoms with van der Waals surface area (Å²) < 4.78 is 25.7. The summed E-state index contributed by atoms with van der Waals surface area (Å²) in [5, 5.41) is 21.4. The molecule has 0 radical (unpaired) electrons. The van der Waals surface area contributed by atoms with Crippen molar-refractivity contribution in [3.8, 4) is 5.75 Å². The first-order chi connectivity index (χ1) is 19.5. The fourth-order valence-electron chi connectivity index (χ4n) is 2.94. The van der Waals surface area contributed by atoms with Crippen LogP contribution in [0.15, 0.2) is 48.7 Å². The molecule has 0 aliphatic rings. The highest BCUT2D eigenvalue weighted by Gasteiger charge is 2.06. The third-order valence-electron chi connectivity index (χ3n) is 5.27. The van der Waals surface area contributed by atoms with E-state index in [1.54, 1.807) is 31.4 Å². The van der Waals surface area contributed by atoms with E-state index in [1.165, 1.54) is 32.0 Å². The van der Waals surface area contributed by atoms with Crippen molar-refractivity contribution in [2.45, 2.75) is 54.5 Å². The first-order valence-electron chi connectivity index (χ1n) is 13.4. The Labute approximate surface area is 241 Å². The number of aromatic nitrogens is 1. The standard InChI is InChI=1S/C11H9FN2O.C9H10FNO2.C8H18N2O.C2H6/c1-7(15)14-11-5-9-4-10(12)3-2-8(9)6-13-11;1-6(12)11-5-7-3-2-4-8(10)9(7)13;1-4-7(2)5-10-8(11)6-9-3;1-2/h2-6H,1H3,(H,13,14,15);2-4,13H,5H2,1H3,(H,11,12);7,9H,4-6H2,1-3H3,(H,10,11);1-2H3. The van der Waals surface area contributed by atoms with Crippen LogP contribution in [0.1, 0.15) is 53.5 Å². The molecule has 1 aromatic heterocycles. The van der Waals surface area contributed by atoms with Crippen LogP contribution in [0.25, 0.3) is 10.8 Å². The highest BCUT2D eigenvalue weighted by molar-refractivity contribution is 5.91. The average molecular weight is 576 g/mol. The minimum absolute atomic E-state index is 0.0767. The zero-order chi connectivity index (χ0) is 31.4. The number of hydrogen-bond acceptors (Lipinski definition) is 6. The number of pyridine rings is 1. The minimum atomic E-state index is -0.678. The fourth-order valence-corrected chi connectivity index (χ4v) is 2.94. The zero-order valence-electron chi connectivity index (χ0n) is 24.9.